The van der Waals surface area contributed by atoms with Gasteiger partial charge >= 0.3 is 5.97 Å². The van der Waals surface area contributed by atoms with E-state index in [-0.39, 0.29) is 31.1 Å². The van der Waals surface area contributed by atoms with Crippen molar-refractivity contribution in [3.63, 3.8) is 0 Å². The molecule has 2 N–H and O–H groups in total. The SMILES string of the molecule is CC(C)(C)OC(=O)C[C@@H](C#CS(C)(C)C)NC(CO)c1ccccc1. The molecule has 1 unspecified atom stereocenters. The molecule has 1 aromatic rings. The molecule has 4 nitrogen and oxygen atoms in total. The minimum atomic E-state index is -1.01. The molecule has 0 aliphatic carbocycles. The summed E-state index contributed by atoms with van der Waals surface area (Å²) in [6.07, 6.45) is 6.45. The topological polar surface area (TPSA) is 58.6 Å². The average Bonchev–Trinajstić information content (AvgIpc) is 2.48. The molecule has 0 fully saturated rings. The fourth-order valence-corrected chi connectivity index (χ4v) is 2.63. The lowest BCUT2D eigenvalue weighted by molar-refractivity contribution is -0.155. The van der Waals surface area contributed by atoms with Crippen molar-refractivity contribution in [1.29, 1.82) is 0 Å². The second kappa shape index (κ2) is 9.28. The van der Waals surface area contributed by atoms with Crippen LogP contribution in [-0.4, -0.2) is 48.1 Å². The average molecular weight is 366 g/mol. The summed E-state index contributed by atoms with van der Waals surface area (Å²) in [5.74, 6) is 2.88. The van der Waals surface area contributed by atoms with Gasteiger partial charge in [-0.1, -0.05) is 41.5 Å². The maximum absolute atomic E-state index is 12.2. The Morgan fingerprint density at radius 2 is 1.84 bits per heavy atom. The number of rotatable bonds is 6. The van der Waals surface area contributed by atoms with Crippen LogP contribution in [0.25, 0.3) is 0 Å². The molecular weight excluding hydrogens is 334 g/mol. The van der Waals surface area contributed by atoms with Crippen LogP contribution in [0.5, 0.6) is 0 Å². The fourth-order valence-electron chi connectivity index (χ4n) is 2.13. The van der Waals surface area contributed by atoms with Crippen molar-refractivity contribution in [2.45, 2.75) is 44.9 Å². The predicted molar refractivity (Wildman–Crippen MR) is 107 cm³/mol. The van der Waals surface area contributed by atoms with Crippen molar-refractivity contribution >= 4 is 16.0 Å². The van der Waals surface area contributed by atoms with Gasteiger partial charge in [-0.15, -0.1) is 0 Å². The van der Waals surface area contributed by atoms with E-state index in [0.717, 1.165) is 5.56 Å². The van der Waals surface area contributed by atoms with Crippen LogP contribution < -0.4 is 5.32 Å². The Labute approximate surface area is 153 Å². The Bertz CT molecular complexity index is 606. The van der Waals surface area contributed by atoms with Gasteiger partial charge in [0, 0.05) is 0 Å². The normalized spacial score (nSPS) is 14.8. The van der Waals surface area contributed by atoms with Crippen molar-refractivity contribution < 1.29 is 14.6 Å². The van der Waals surface area contributed by atoms with Crippen molar-refractivity contribution in [2.75, 3.05) is 25.4 Å². The van der Waals surface area contributed by atoms with E-state index in [1.807, 2.05) is 51.1 Å². The molecule has 0 radical (unpaired) electrons. The van der Waals surface area contributed by atoms with E-state index >= 15 is 0 Å². The Kier molecular flexibility index (Phi) is 8.01. The lowest BCUT2D eigenvalue weighted by atomic mass is 10.1. The number of ether oxygens (including phenoxy) is 1. The first kappa shape index (κ1) is 21.6. The molecular formula is C20H31NO3S. The summed E-state index contributed by atoms with van der Waals surface area (Å²) in [6, 6.07) is 9.01. The van der Waals surface area contributed by atoms with Crippen LogP contribution in [0.4, 0.5) is 0 Å². The van der Waals surface area contributed by atoms with Crippen LogP contribution in [0.15, 0.2) is 30.3 Å². The summed E-state index contributed by atoms with van der Waals surface area (Å²) in [5.41, 5.74) is 0.434. The van der Waals surface area contributed by atoms with E-state index in [1.165, 1.54) is 0 Å². The van der Waals surface area contributed by atoms with Gasteiger partial charge in [0.15, 0.2) is 0 Å². The maximum Gasteiger partial charge on any atom is 0.308 e. The molecule has 0 saturated carbocycles. The number of carbonyl (C=O) groups is 1. The molecule has 1 aromatic carbocycles. The third kappa shape index (κ3) is 9.54. The van der Waals surface area contributed by atoms with Gasteiger partial charge in [0.2, 0.25) is 0 Å². The first-order chi connectivity index (χ1) is 11.5. The van der Waals surface area contributed by atoms with Gasteiger partial charge < -0.3 is 9.84 Å². The Balaban J connectivity index is 2.93. The smallest absolute Gasteiger partial charge is 0.308 e. The molecule has 0 aliphatic rings. The van der Waals surface area contributed by atoms with E-state index < -0.39 is 15.6 Å². The fraction of sp³-hybridized carbons (Fsp3) is 0.550. The highest BCUT2D eigenvalue weighted by Gasteiger charge is 2.22. The lowest BCUT2D eigenvalue weighted by Crippen LogP contribution is -2.37. The van der Waals surface area contributed by atoms with Crippen LogP contribution in [0.1, 0.15) is 38.8 Å². The van der Waals surface area contributed by atoms with Gasteiger partial charge in [-0.2, -0.15) is 10.0 Å². The molecule has 0 saturated heterocycles. The van der Waals surface area contributed by atoms with Crippen LogP contribution in [0.3, 0.4) is 0 Å². The minimum absolute atomic E-state index is 0.0705. The van der Waals surface area contributed by atoms with Crippen molar-refractivity contribution in [3.05, 3.63) is 35.9 Å². The Morgan fingerprint density at radius 3 is 2.32 bits per heavy atom. The monoisotopic (exact) mass is 365 g/mol. The number of benzene rings is 1. The number of aliphatic hydroxyl groups is 1. The molecule has 0 aliphatic heterocycles. The van der Waals surface area contributed by atoms with Crippen LogP contribution >= 0.6 is 10.0 Å². The van der Waals surface area contributed by atoms with Crippen LogP contribution in [0, 0.1) is 11.2 Å². The summed E-state index contributed by atoms with van der Waals surface area (Å²) < 4.78 is 5.42. The zero-order valence-corrected chi connectivity index (χ0v) is 16.9. The molecule has 0 spiro atoms. The van der Waals surface area contributed by atoms with E-state index in [0.29, 0.717) is 0 Å². The number of esters is 1. The maximum atomic E-state index is 12.2. The third-order valence-electron chi connectivity index (χ3n) is 3.12. The van der Waals surface area contributed by atoms with Gasteiger partial charge in [0.1, 0.15) is 5.60 Å². The standard InChI is InChI=1S/C20H31NO3S/c1-20(2,3)24-19(23)14-17(12-13-25(4,5)6)21-18(15-22)16-10-8-7-9-11-16/h7-11,17-18,21-22H,14-15H2,1-6H3/t17-,18?/m1/s1. The highest BCUT2D eigenvalue weighted by Crippen LogP contribution is 2.32. The van der Waals surface area contributed by atoms with Gasteiger partial charge in [0.05, 0.1) is 25.1 Å². The van der Waals surface area contributed by atoms with E-state index in [9.17, 15) is 9.90 Å². The largest absolute Gasteiger partial charge is 0.460 e. The van der Waals surface area contributed by atoms with E-state index in [2.05, 4.69) is 35.3 Å². The van der Waals surface area contributed by atoms with Crippen molar-refractivity contribution in [3.8, 4) is 11.2 Å². The molecule has 1 rings (SSSR count). The second-order valence-electron chi connectivity index (χ2n) is 7.74. The second-order valence-corrected chi connectivity index (χ2v) is 11.6. The van der Waals surface area contributed by atoms with Crippen LogP contribution in [0.2, 0.25) is 0 Å². The van der Waals surface area contributed by atoms with Gasteiger partial charge in [0.25, 0.3) is 0 Å². The summed E-state index contributed by atoms with van der Waals surface area (Å²) in [5, 5.41) is 16.3. The van der Waals surface area contributed by atoms with E-state index in [1.54, 1.807) is 0 Å². The molecule has 0 heterocycles. The van der Waals surface area contributed by atoms with E-state index in [4.69, 9.17) is 4.74 Å². The van der Waals surface area contributed by atoms with Crippen molar-refractivity contribution in [2.24, 2.45) is 0 Å². The number of hydrogen-bond acceptors (Lipinski definition) is 4. The highest BCUT2D eigenvalue weighted by molar-refractivity contribution is 8.35. The molecule has 0 aromatic heterocycles. The summed E-state index contributed by atoms with van der Waals surface area (Å²) in [6.45, 7) is 5.47. The molecule has 25 heavy (non-hydrogen) atoms. The lowest BCUT2D eigenvalue weighted by Gasteiger charge is -2.24. The quantitative estimate of drug-likeness (QED) is 0.601. The number of aliphatic hydroxyl groups excluding tert-OH is 1. The predicted octanol–water partition coefficient (Wildman–Crippen LogP) is 3.06. The van der Waals surface area contributed by atoms with Crippen LogP contribution in [-0.2, 0) is 9.53 Å². The zero-order valence-electron chi connectivity index (χ0n) is 16.1. The third-order valence-corrected chi connectivity index (χ3v) is 3.85. The number of nitrogens with one attached hydrogen (secondary N) is 1. The summed E-state index contributed by atoms with van der Waals surface area (Å²) in [4.78, 5) is 12.2. The molecule has 0 bridgehead atoms. The highest BCUT2D eigenvalue weighted by atomic mass is 32.3. The molecule has 140 valence electrons. The number of carbonyl (C=O) groups excluding carboxylic acids is 1. The number of hydrogen-bond donors (Lipinski definition) is 2. The minimum Gasteiger partial charge on any atom is -0.460 e. The molecule has 2 atom stereocenters. The first-order valence-corrected chi connectivity index (χ1v) is 11.2. The molecule has 5 heteroatoms. The first-order valence-electron chi connectivity index (χ1n) is 8.34. The van der Waals surface area contributed by atoms with Crippen molar-refractivity contribution in [1.82, 2.24) is 5.32 Å². The Hall–Kier alpha value is -1.48. The molecule has 0 amide bonds. The van der Waals surface area contributed by atoms with Gasteiger partial charge in [-0.3, -0.25) is 10.1 Å². The summed E-state index contributed by atoms with van der Waals surface area (Å²) >= 11 is 0. The Morgan fingerprint density at radius 1 is 1.24 bits per heavy atom. The summed E-state index contributed by atoms with van der Waals surface area (Å²) in [7, 11) is -1.01. The zero-order chi connectivity index (χ0) is 19.1. The van der Waals surface area contributed by atoms with Gasteiger partial charge in [-0.25, -0.2) is 0 Å². The van der Waals surface area contributed by atoms with Gasteiger partial charge in [-0.05, 0) is 45.1 Å².